The van der Waals surface area contributed by atoms with Crippen LogP contribution in [0.3, 0.4) is 0 Å². The van der Waals surface area contributed by atoms with Crippen molar-refractivity contribution in [1.82, 2.24) is 0 Å². The van der Waals surface area contributed by atoms with E-state index >= 15 is 0 Å². The van der Waals surface area contributed by atoms with Gasteiger partial charge in [-0.15, -0.1) is 0 Å². The number of rotatable bonds is 5. The van der Waals surface area contributed by atoms with E-state index in [0.29, 0.717) is 5.69 Å². The molecule has 3 nitrogen and oxygen atoms in total. The fourth-order valence-corrected chi connectivity index (χ4v) is 2.94. The first-order chi connectivity index (χ1) is 12.5. The number of anilines is 2. The average Bonchev–Trinajstić information content (AvgIpc) is 2.55. The van der Waals surface area contributed by atoms with Gasteiger partial charge in [-0.05, 0) is 54.8 Å². The largest absolute Gasteiger partial charge is 0.416 e. The summed E-state index contributed by atoms with van der Waals surface area (Å²) in [6, 6.07) is 7.75. The quantitative estimate of drug-likeness (QED) is 0.531. The fraction of sp³-hybridized carbons (Fsp3) is 0.316. The van der Waals surface area contributed by atoms with Gasteiger partial charge in [0.1, 0.15) is 6.04 Å². The molecule has 2 aromatic rings. The fourth-order valence-electron chi connectivity index (χ4n) is 2.45. The molecule has 1 atom stereocenters. The number of benzene rings is 2. The second kappa shape index (κ2) is 8.52. The number of nitrogens with one attached hydrogen (secondary N) is 2. The number of carbonyl (C=O) groups is 1. The maximum absolute atomic E-state index is 12.8. The van der Waals surface area contributed by atoms with E-state index in [-0.39, 0.29) is 22.5 Å². The summed E-state index contributed by atoms with van der Waals surface area (Å²) in [6.45, 7) is 5.57. The molecule has 27 heavy (non-hydrogen) atoms. The molecule has 0 aliphatic rings. The summed E-state index contributed by atoms with van der Waals surface area (Å²) in [4.78, 5) is 12.7. The number of halogens is 5. The topological polar surface area (TPSA) is 41.1 Å². The number of hydrogen-bond acceptors (Lipinski definition) is 2. The van der Waals surface area contributed by atoms with Gasteiger partial charge in [0.2, 0.25) is 5.91 Å². The van der Waals surface area contributed by atoms with Crippen LogP contribution in [-0.2, 0) is 11.0 Å². The van der Waals surface area contributed by atoms with Crippen molar-refractivity contribution < 1.29 is 18.0 Å². The van der Waals surface area contributed by atoms with Crippen LogP contribution in [0.15, 0.2) is 40.9 Å². The highest BCUT2D eigenvalue weighted by Gasteiger charge is 2.31. The minimum Gasteiger partial charge on any atom is -0.372 e. The first kappa shape index (κ1) is 21.6. The Morgan fingerprint density at radius 2 is 1.81 bits per heavy atom. The molecule has 2 aromatic carbocycles. The number of carbonyl (C=O) groups excluding carboxylic acids is 1. The average molecular weight is 464 g/mol. The molecule has 146 valence electrons. The molecule has 1 amide bonds. The molecule has 0 bridgehead atoms. The van der Waals surface area contributed by atoms with Gasteiger partial charge in [-0.1, -0.05) is 41.4 Å². The maximum Gasteiger partial charge on any atom is 0.416 e. The molecule has 0 unspecified atom stereocenters. The molecule has 0 aromatic heterocycles. The summed E-state index contributed by atoms with van der Waals surface area (Å²) in [6.07, 6.45) is -4.48. The first-order valence-corrected chi connectivity index (χ1v) is 9.36. The summed E-state index contributed by atoms with van der Waals surface area (Å²) in [5, 5.41) is 5.68. The lowest BCUT2D eigenvalue weighted by Gasteiger charge is -2.24. The molecule has 0 saturated carbocycles. The number of hydrogen-bond donors (Lipinski definition) is 2. The highest BCUT2D eigenvalue weighted by Crippen LogP contribution is 2.34. The number of amides is 1. The van der Waals surface area contributed by atoms with Crippen LogP contribution in [-0.4, -0.2) is 11.9 Å². The van der Waals surface area contributed by atoms with Crippen LogP contribution in [0, 0.1) is 12.8 Å². The van der Waals surface area contributed by atoms with E-state index in [0.717, 1.165) is 22.2 Å². The molecular formula is C19H19BrClF3N2O. The van der Waals surface area contributed by atoms with E-state index in [1.54, 1.807) is 6.07 Å². The van der Waals surface area contributed by atoms with Crippen LogP contribution in [0.5, 0.6) is 0 Å². The molecule has 0 spiro atoms. The molecule has 2 rings (SSSR count). The summed E-state index contributed by atoms with van der Waals surface area (Å²) >= 11 is 9.39. The third-order valence-electron chi connectivity index (χ3n) is 3.98. The summed E-state index contributed by atoms with van der Waals surface area (Å²) in [5.41, 5.74) is 1.03. The Hall–Kier alpha value is -1.73. The van der Waals surface area contributed by atoms with Gasteiger partial charge in [-0.3, -0.25) is 4.79 Å². The van der Waals surface area contributed by atoms with Gasteiger partial charge in [0.25, 0.3) is 0 Å². The Balaban J connectivity index is 2.20. The van der Waals surface area contributed by atoms with E-state index in [9.17, 15) is 18.0 Å². The molecule has 0 heterocycles. The lowest BCUT2D eigenvalue weighted by Crippen LogP contribution is -2.39. The van der Waals surface area contributed by atoms with Crippen molar-refractivity contribution in [2.24, 2.45) is 5.92 Å². The smallest absolute Gasteiger partial charge is 0.372 e. The van der Waals surface area contributed by atoms with E-state index < -0.39 is 17.8 Å². The Morgan fingerprint density at radius 1 is 1.15 bits per heavy atom. The van der Waals surface area contributed by atoms with Crippen molar-refractivity contribution in [2.45, 2.75) is 33.0 Å². The summed E-state index contributed by atoms with van der Waals surface area (Å²) in [5.74, 6) is -0.428. The van der Waals surface area contributed by atoms with Gasteiger partial charge in [-0.25, -0.2) is 0 Å². The van der Waals surface area contributed by atoms with Crippen LogP contribution < -0.4 is 10.6 Å². The number of alkyl halides is 3. The highest BCUT2D eigenvalue weighted by atomic mass is 79.9. The number of aryl methyl sites for hydroxylation is 1. The Labute approximate surface area is 169 Å². The monoisotopic (exact) mass is 462 g/mol. The molecule has 0 radical (unpaired) electrons. The van der Waals surface area contributed by atoms with Crippen molar-refractivity contribution in [3.63, 3.8) is 0 Å². The van der Waals surface area contributed by atoms with Crippen LogP contribution in [0.2, 0.25) is 5.02 Å². The van der Waals surface area contributed by atoms with Crippen molar-refractivity contribution in [2.75, 3.05) is 10.6 Å². The van der Waals surface area contributed by atoms with Gasteiger partial charge in [0.15, 0.2) is 0 Å². The van der Waals surface area contributed by atoms with Gasteiger partial charge in [0, 0.05) is 10.2 Å². The van der Waals surface area contributed by atoms with E-state index in [2.05, 4.69) is 26.6 Å². The van der Waals surface area contributed by atoms with Crippen LogP contribution in [0.4, 0.5) is 24.5 Å². The predicted octanol–water partition coefficient (Wildman–Crippen LogP) is 6.50. The Kier molecular flexibility index (Phi) is 6.81. The van der Waals surface area contributed by atoms with E-state index in [4.69, 9.17) is 11.6 Å². The third kappa shape index (κ3) is 5.62. The predicted molar refractivity (Wildman–Crippen MR) is 106 cm³/mol. The zero-order valence-electron chi connectivity index (χ0n) is 14.9. The van der Waals surface area contributed by atoms with Crippen molar-refractivity contribution in [3.05, 3.63) is 57.0 Å². The third-order valence-corrected chi connectivity index (χ3v) is 5.18. The summed E-state index contributed by atoms with van der Waals surface area (Å²) in [7, 11) is 0. The highest BCUT2D eigenvalue weighted by molar-refractivity contribution is 9.10. The van der Waals surface area contributed by atoms with E-state index in [1.165, 1.54) is 6.07 Å². The molecule has 0 aliphatic heterocycles. The SMILES string of the molecule is Cc1cc(NC(=O)[C@H](Nc2ccc(C(F)(F)F)cc2Cl)C(C)C)ccc1Br. The normalized spacial score (nSPS) is 12.8. The van der Waals surface area contributed by atoms with Crippen molar-refractivity contribution >= 4 is 44.8 Å². The molecule has 2 N–H and O–H groups in total. The minimum absolute atomic E-state index is 0.0947. The van der Waals surface area contributed by atoms with Crippen LogP contribution >= 0.6 is 27.5 Å². The van der Waals surface area contributed by atoms with E-state index in [1.807, 2.05) is 32.9 Å². The van der Waals surface area contributed by atoms with Crippen molar-refractivity contribution in [3.8, 4) is 0 Å². The zero-order valence-corrected chi connectivity index (χ0v) is 17.3. The Bertz CT molecular complexity index is 840. The van der Waals surface area contributed by atoms with Gasteiger partial charge < -0.3 is 10.6 Å². The summed E-state index contributed by atoms with van der Waals surface area (Å²) < 4.78 is 39.3. The molecule has 0 fully saturated rings. The molecule has 0 saturated heterocycles. The standard InChI is InChI=1S/C19H19BrClF3N2O/c1-10(2)17(18(27)25-13-5-6-14(20)11(3)8-13)26-16-7-4-12(9-15(16)21)19(22,23)24/h4-10,17,26H,1-3H3,(H,25,27)/t17-/m1/s1. The molecule has 0 aliphatic carbocycles. The zero-order chi connectivity index (χ0) is 20.4. The second-order valence-corrected chi connectivity index (χ2v) is 7.77. The van der Waals surface area contributed by atoms with Crippen LogP contribution in [0.25, 0.3) is 0 Å². The van der Waals surface area contributed by atoms with Gasteiger partial charge in [-0.2, -0.15) is 13.2 Å². The van der Waals surface area contributed by atoms with Crippen LogP contribution in [0.1, 0.15) is 25.0 Å². The maximum atomic E-state index is 12.8. The van der Waals surface area contributed by atoms with Crippen molar-refractivity contribution in [1.29, 1.82) is 0 Å². The van der Waals surface area contributed by atoms with Gasteiger partial charge in [0.05, 0.1) is 16.3 Å². The van der Waals surface area contributed by atoms with Gasteiger partial charge >= 0.3 is 6.18 Å². The lowest BCUT2D eigenvalue weighted by molar-refractivity contribution is -0.137. The first-order valence-electron chi connectivity index (χ1n) is 8.19. The molecule has 8 heteroatoms. The Morgan fingerprint density at radius 3 is 2.33 bits per heavy atom. The minimum atomic E-state index is -4.48. The second-order valence-electron chi connectivity index (χ2n) is 6.51. The molecular weight excluding hydrogens is 445 g/mol. The lowest BCUT2D eigenvalue weighted by atomic mass is 10.0.